The Morgan fingerprint density at radius 1 is 0.896 bits per heavy atom. The highest BCUT2D eigenvalue weighted by atomic mass is 19.4. The minimum absolute atomic E-state index is 0.0666. The van der Waals surface area contributed by atoms with Crippen LogP contribution in [0, 0.1) is 22.7 Å². The van der Waals surface area contributed by atoms with Crippen LogP contribution >= 0.6 is 0 Å². The van der Waals surface area contributed by atoms with Gasteiger partial charge >= 0.3 is 12.2 Å². The van der Waals surface area contributed by atoms with Crippen molar-refractivity contribution in [3.05, 3.63) is 24.8 Å². The molecule has 2 saturated heterocycles. The second-order valence-corrected chi connectivity index (χ2v) is 14.9. The number of hydrogen-bond donors (Lipinski definition) is 4. The zero-order chi connectivity index (χ0) is 36.9. The number of nitrogens with zero attached hydrogens (tertiary/aromatic N) is 2. The van der Waals surface area contributed by atoms with Gasteiger partial charge in [-0.15, -0.1) is 6.58 Å². The molecule has 2 aliphatic heterocycles. The van der Waals surface area contributed by atoms with Gasteiger partial charge in [0.25, 0.3) is 5.91 Å². The second-order valence-electron chi connectivity index (χ2n) is 14.9. The highest BCUT2D eigenvalue weighted by molar-refractivity contribution is 6.37. The van der Waals surface area contributed by atoms with Crippen molar-refractivity contribution >= 4 is 35.4 Å². The van der Waals surface area contributed by atoms with Gasteiger partial charge in [0.15, 0.2) is 0 Å². The molecule has 0 radical (unpaired) electrons. The molecule has 0 spiro atoms. The van der Waals surface area contributed by atoms with Crippen LogP contribution in [0.1, 0.15) is 74.1 Å². The van der Waals surface area contributed by atoms with Crippen LogP contribution in [0.15, 0.2) is 24.8 Å². The quantitative estimate of drug-likeness (QED) is 0.182. The van der Waals surface area contributed by atoms with Crippen molar-refractivity contribution in [3.8, 4) is 0 Å². The van der Waals surface area contributed by atoms with E-state index in [-0.39, 0.29) is 12.5 Å². The summed E-state index contributed by atoms with van der Waals surface area (Å²) in [5.74, 6) is -6.17. The van der Waals surface area contributed by atoms with E-state index in [1.807, 2.05) is 20.8 Å². The van der Waals surface area contributed by atoms with Crippen LogP contribution < -0.4 is 21.7 Å². The van der Waals surface area contributed by atoms with Gasteiger partial charge in [-0.2, -0.15) is 13.2 Å². The molecule has 0 saturated carbocycles. The zero-order valence-electron chi connectivity index (χ0n) is 29.0. The predicted octanol–water partition coefficient (Wildman–Crippen LogP) is 2.82. The topological polar surface area (TPSA) is 171 Å². The van der Waals surface area contributed by atoms with Crippen molar-refractivity contribution < 1.29 is 41.9 Å². The van der Waals surface area contributed by atoms with Crippen LogP contribution in [0.5, 0.6) is 0 Å². The highest BCUT2D eigenvalue weighted by Gasteiger charge is 2.51. The first-order valence-corrected chi connectivity index (χ1v) is 16.1. The van der Waals surface area contributed by atoms with Gasteiger partial charge in [0.2, 0.25) is 23.5 Å². The molecule has 1 unspecified atom stereocenters. The lowest BCUT2D eigenvalue weighted by Gasteiger charge is -2.38. The Balaban J connectivity index is 2.46. The number of nitrogens with one attached hydrogen (secondary N) is 3. The van der Waals surface area contributed by atoms with E-state index in [1.54, 1.807) is 32.6 Å². The maximum absolute atomic E-state index is 14.4. The third-order valence-electron chi connectivity index (χ3n) is 8.76. The highest BCUT2D eigenvalue weighted by Crippen LogP contribution is 2.37. The molecule has 6 atom stereocenters. The van der Waals surface area contributed by atoms with Gasteiger partial charge in [0.05, 0.1) is 6.04 Å². The lowest BCUT2D eigenvalue weighted by Crippen LogP contribution is -2.63. The Morgan fingerprint density at radius 2 is 1.40 bits per heavy atom. The molecule has 270 valence electrons. The van der Waals surface area contributed by atoms with Crippen LogP contribution in [0.25, 0.3) is 0 Å². The number of Topliss-reactive ketones (excluding diaryl/α,β-unsaturated/α-hetero) is 1. The van der Waals surface area contributed by atoms with E-state index < -0.39 is 95.4 Å². The number of hydrogen-bond acceptors (Lipinski definition) is 6. The number of halogens is 3. The summed E-state index contributed by atoms with van der Waals surface area (Å²) in [6.07, 6.45) is -3.89. The molecule has 0 bridgehead atoms. The van der Waals surface area contributed by atoms with Crippen LogP contribution in [0.3, 0.4) is 0 Å². The van der Waals surface area contributed by atoms with Crippen LogP contribution in [-0.2, 0) is 24.0 Å². The first-order chi connectivity index (χ1) is 21.9. The second kappa shape index (κ2) is 15.5. The molecular weight excluding hydrogens is 633 g/mol. The summed E-state index contributed by atoms with van der Waals surface area (Å²) >= 11 is 0. The number of primary amides is 1. The summed E-state index contributed by atoms with van der Waals surface area (Å²) in [6, 6.07) is -6.23. The van der Waals surface area contributed by atoms with Crippen molar-refractivity contribution in [2.24, 2.45) is 28.4 Å². The third kappa shape index (κ3) is 10.3. The number of nitrogens with two attached hydrogens (primary N) is 1. The number of urea groups is 1. The Kier molecular flexibility index (Phi) is 13.0. The van der Waals surface area contributed by atoms with E-state index in [4.69, 9.17) is 5.73 Å². The Bertz CT molecular complexity index is 1280. The zero-order valence-corrected chi connectivity index (χ0v) is 29.0. The summed E-state index contributed by atoms with van der Waals surface area (Å²) in [5.41, 5.74) is 3.91. The molecule has 2 fully saturated rings. The molecule has 5 N–H and O–H groups in total. The third-order valence-corrected chi connectivity index (χ3v) is 8.76. The summed E-state index contributed by atoms with van der Waals surface area (Å²) in [7, 11) is 0. The Labute approximate surface area is 280 Å². The minimum atomic E-state index is -4.69. The van der Waals surface area contributed by atoms with Crippen LogP contribution in [0.4, 0.5) is 18.0 Å². The maximum Gasteiger partial charge on any atom is 0.389 e. The molecule has 2 heterocycles. The monoisotopic (exact) mass is 684 g/mol. The fourth-order valence-corrected chi connectivity index (χ4v) is 6.16. The van der Waals surface area contributed by atoms with Crippen LogP contribution in [0.2, 0.25) is 0 Å². The normalized spacial score (nSPS) is 21.9. The maximum atomic E-state index is 14.4. The lowest BCUT2D eigenvalue weighted by atomic mass is 9.83. The number of rotatable bonds is 12. The smallest absolute Gasteiger partial charge is 0.363 e. The van der Waals surface area contributed by atoms with Gasteiger partial charge in [-0.05, 0) is 37.0 Å². The molecule has 12 nitrogen and oxygen atoms in total. The average Bonchev–Trinajstić information content (AvgIpc) is 3.62. The minimum Gasteiger partial charge on any atom is -0.363 e. The van der Waals surface area contributed by atoms with E-state index in [2.05, 4.69) is 29.1 Å². The Morgan fingerprint density at radius 3 is 1.81 bits per heavy atom. The first-order valence-electron chi connectivity index (χ1n) is 16.1. The Hall–Kier alpha value is -3.91. The number of alkyl halides is 3. The average molecular weight is 685 g/mol. The van der Waals surface area contributed by atoms with Gasteiger partial charge in [-0.1, -0.05) is 59.8 Å². The fraction of sp³-hybridized carbons (Fsp3) is 0.697. The molecule has 15 heteroatoms. The molecule has 0 aromatic heterocycles. The standard InChI is InChI=1S/C33H51F3N6O6/c1-10-19-17-42(22(21(19)18(2)3)27(45)38-20(23(43)26(37)44)13-14-33(34,35)36)29(47)25(32(7,8)9)40-30(48)39-24(31(4,5)6)28(46)41-15-11-12-16-41/h10,19-22,24-25H,1-2,11-17H2,3-9H3,(H2,37,44)(H,38,45)(H2,39,40,48)/t19-,20?,21-,22-,24+,25+/m0/s1. The summed E-state index contributed by atoms with van der Waals surface area (Å²) < 4.78 is 39.1. The molecule has 6 amide bonds. The molecule has 0 aliphatic carbocycles. The fourth-order valence-electron chi connectivity index (χ4n) is 6.16. The van der Waals surface area contributed by atoms with Gasteiger partial charge in [0.1, 0.15) is 18.1 Å². The van der Waals surface area contributed by atoms with Crippen molar-refractivity contribution in [1.29, 1.82) is 0 Å². The van der Waals surface area contributed by atoms with Crippen molar-refractivity contribution in [2.75, 3.05) is 19.6 Å². The number of carbonyl (C=O) groups is 6. The molecule has 2 rings (SSSR count). The van der Waals surface area contributed by atoms with E-state index >= 15 is 0 Å². The molecule has 48 heavy (non-hydrogen) atoms. The molecular formula is C33H51F3N6O6. The lowest BCUT2D eigenvalue weighted by molar-refractivity contribution is -0.147. The van der Waals surface area contributed by atoms with Gasteiger partial charge in [-0.3, -0.25) is 24.0 Å². The van der Waals surface area contributed by atoms with E-state index in [9.17, 15) is 41.9 Å². The molecule has 0 aromatic carbocycles. The first kappa shape index (κ1) is 40.3. The van der Waals surface area contributed by atoms with E-state index in [0.29, 0.717) is 18.7 Å². The van der Waals surface area contributed by atoms with E-state index in [0.717, 1.165) is 12.8 Å². The number of likely N-dealkylation sites (tertiary alicyclic amines) is 2. The van der Waals surface area contributed by atoms with Crippen molar-refractivity contribution in [1.82, 2.24) is 25.8 Å². The molecule has 2 aliphatic rings. The van der Waals surface area contributed by atoms with E-state index in [1.165, 1.54) is 11.0 Å². The summed E-state index contributed by atoms with van der Waals surface area (Å²) in [4.78, 5) is 82.0. The number of ketones is 1. The summed E-state index contributed by atoms with van der Waals surface area (Å²) in [6.45, 7) is 21.0. The van der Waals surface area contributed by atoms with Crippen molar-refractivity contribution in [2.45, 2.75) is 104 Å². The largest absolute Gasteiger partial charge is 0.389 e. The van der Waals surface area contributed by atoms with Crippen LogP contribution in [-0.4, -0.2) is 95.2 Å². The van der Waals surface area contributed by atoms with Gasteiger partial charge in [0, 0.05) is 37.9 Å². The van der Waals surface area contributed by atoms with Crippen molar-refractivity contribution in [3.63, 3.8) is 0 Å². The number of amides is 6. The molecule has 0 aromatic rings. The predicted molar refractivity (Wildman–Crippen MR) is 173 cm³/mol. The van der Waals surface area contributed by atoms with Gasteiger partial charge < -0.3 is 31.5 Å². The summed E-state index contributed by atoms with van der Waals surface area (Å²) in [5, 5.41) is 7.67. The number of carbonyl (C=O) groups excluding carboxylic acids is 6. The SMILES string of the molecule is C=C[C@H]1CN(C(=O)[C@@H](NC(=O)N[C@H](C(=O)N2CCCC2)C(C)(C)C)C(C)(C)C)[C@H](C(=O)NC(CCC(F)(F)F)C(=O)C(N)=O)[C@H]1C(=C)C. The van der Waals surface area contributed by atoms with Gasteiger partial charge in [-0.25, -0.2) is 4.79 Å².